The van der Waals surface area contributed by atoms with Gasteiger partial charge in [-0.1, -0.05) is 11.6 Å². The highest BCUT2D eigenvalue weighted by Crippen LogP contribution is 2.28. The highest BCUT2D eigenvalue weighted by Gasteiger charge is 2.08. The summed E-state index contributed by atoms with van der Waals surface area (Å²) in [6.45, 7) is 0. The van der Waals surface area contributed by atoms with Crippen molar-refractivity contribution in [2.75, 3.05) is 0 Å². The number of pyridine rings is 1. The van der Waals surface area contributed by atoms with E-state index >= 15 is 0 Å². The molecule has 2 aromatic heterocycles. The fourth-order valence-corrected chi connectivity index (χ4v) is 2.44. The summed E-state index contributed by atoms with van der Waals surface area (Å²) in [7, 11) is 0. The van der Waals surface area contributed by atoms with E-state index < -0.39 is 0 Å². The summed E-state index contributed by atoms with van der Waals surface area (Å²) in [4.78, 5) is 16.2. The Hall–Kier alpha value is -1.90. The third-order valence-corrected chi connectivity index (χ3v) is 4.06. The summed E-state index contributed by atoms with van der Waals surface area (Å²) >= 11 is 9.41. The number of nitriles is 1. The van der Waals surface area contributed by atoms with Gasteiger partial charge in [-0.25, -0.2) is 4.98 Å². The lowest BCUT2D eigenvalue weighted by atomic mass is 10.2. The van der Waals surface area contributed by atoms with Crippen molar-refractivity contribution in [3.8, 4) is 6.07 Å². The fourth-order valence-electron chi connectivity index (χ4n) is 1.94. The Morgan fingerprint density at radius 1 is 1.37 bits per heavy atom. The Morgan fingerprint density at radius 3 is 2.89 bits per heavy atom. The summed E-state index contributed by atoms with van der Waals surface area (Å²) in [6, 6.07) is 8.62. The van der Waals surface area contributed by atoms with Gasteiger partial charge in [-0.2, -0.15) is 5.26 Å². The molecule has 2 heterocycles. The Bertz CT molecular complexity index is 927. The summed E-state index contributed by atoms with van der Waals surface area (Å²) in [6.07, 6.45) is 1.42. The second-order valence-electron chi connectivity index (χ2n) is 3.95. The predicted octanol–water partition coefficient (Wildman–Crippen LogP) is 3.14. The van der Waals surface area contributed by atoms with Crippen molar-refractivity contribution in [1.29, 1.82) is 5.26 Å². The molecule has 0 aliphatic carbocycles. The first kappa shape index (κ1) is 12.2. The zero-order valence-electron chi connectivity index (χ0n) is 9.39. The van der Waals surface area contributed by atoms with E-state index in [2.05, 4.69) is 20.9 Å². The van der Waals surface area contributed by atoms with Gasteiger partial charge in [0.2, 0.25) is 0 Å². The Kier molecular flexibility index (Phi) is 2.77. The van der Waals surface area contributed by atoms with Crippen molar-refractivity contribution in [2.24, 2.45) is 0 Å². The quantitative estimate of drug-likeness (QED) is 0.593. The minimum Gasteiger partial charge on any atom is -0.267 e. The van der Waals surface area contributed by atoms with Crippen LogP contribution in [0.4, 0.5) is 0 Å². The molecule has 0 N–H and O–H groups in total. The van der Waals surface area contributed by atoms with Gasteiger partial charge >= 0.3 is 0 Å². The molecule has 3 rings (SSSR count). The highest BCUT2D eigenvalue weighted by molar-refractivity contribution is 9.10. The maximum atomic E-state index is 12.0. The first-order valence-corrected chi connectivity index (χ1v) is 6.48. The van der Waals surface area contributed by atoms with Crippen molar-refractivity contribution < 1.29 is 0 Å². The molecule has 0 atom stereocenters. The lowest BCUT2D eigenvalue weighted by Crippen LogP contribution is -2.16. The maximum Gasteiger partial charge on any atom is 0.274 e. The molecule has 6 heteroatoms. The van der Waals surface area contributed by atoms with Crippen LogP contribution in [0.2, 0.25) is 5.02 Å². The van der Waals surface area contributed by atoms with Crippen molar-refractivity contribution >= 4 is 44.0 Å². The lowest BCUT2D eigenvalue weighted by molar-refractivity contribution is 1.04. The molecule has 0 bridgehead atoms. The van der Waals surface area contributed by atoms with Gasteiger partial charge in [0.25, 0.3) is 5.56 Å². The first-order valence-electron chi connectivity index (χ1n) is 5.31. The van der Waals surface area contributed by atoms with Crippen LogP contribution in [0.3, 0.4) is 0 Å². The largest absolute Gasteiger partial charge is 0.274 e. The Morgan fingerprint density at radius 2 is 2.16 bits per heavy atom. The maximum absolute atomic E-state index is 12.0. The van der Waals surface area contributed by atoms with Gasteiger partial charge in [0.1, 0.15) is 18.0 Å². The molecule has 0 aliphatic rings. The third-order valence-electron chi connectivity index (χ3n) is 2.86. The number of benzene rings is 1. The van der Waals surface area contributed by atoms with Crippen LogP contribution >= 0.6 is 27.5 Å². The van der Waals surface area contributed by atoms with E-state index in [0.29, 0.717) is 10.5 Å². The molecule has 0 radical (unpaired) electrons. The van der Waals surface area contributed by atoms with E-state index in [9.17, 15) is 4.79 Å². The summed E-state index contributed by atoms with van der Waals surface area (Å²) in [5.41, 5.74) is 1.10. The van der Waals surface area contributed by atoms with Gasteiger partial charge in [0, 0.05) is 9.86 Å². The third kappa shape index (κ3) is 1.81. The number of nitrogens with zero attached hydrogens (tertiary/aromatic N) is 3. The molecule has 0 aliphatic heterocycles. The molecule has 3 aromatic rings. The molecule has 0 unspecified atom stereocenters. The number of halogens is 2. The van der Waals surface area contributed by atoms with Crippen molar-refractivity contribution in [3.63, 3.8) is 0 Å². The molecule has 92 valence electrons. The highest BCUT2D eigenvalue weighted by atomic mass is 79.9. The second-order valence-corrected chi connectivity index (χ2v) is 5.21. The van der Waals surface area contributed by atoms with Crippen LogP contribution in [0.15, 0.2) is 39.9 Å². The number of hydrogen-bond acceptors (Lipinski definition) is 3. The lowest BCUT2D eigenvalue weighted by Gasteiger charge is -2.06. The molecule has 0 saturated heterocycles. The zero-order chi connectivity index (χ0) is 13.6. The Labute approximate surface area is 121 Å². The average Bonchev–Trinajstić information content (AvgIpc) is 2.40. The second kappa shape index (κ2) is 4.34. The van der Waals surface area contributed by atoms with Gasteiger partial charge in [0.15, 0.2) is 0 Å². The van der Waals surface area contributed by atoms with E-state index in [0.717, 1.165) is 15.4 Å². The first-order chi connectivity index (χ1) is 9.11. The number of rotatable bonds is 0. The minimum atomic E-state index is -0.381. The molecule has 0 fully saturated rings. The molecule has 0 amide bonds. The minimum absolute atomic E-state index is 0.0851. The standard InChI is InChI=1S/C13H5BrClN3O/c14-9-4-11-8(3-10(9)15)12-2-1-7(5-16)13(19)18(12)6-17-11/h1-4,6H. The summed E-state index contributed by atoms with van der Waals surface area (Å²) < 4.78 is 2.10. The molecule has 0 saturated carbocycles. The SMILES string of the molecule is N#Cc1ccc2c3cc(Cl)c(Br)cc3ncn2c1=O. The van der Waals surface area contributed by atoms with Crippen LogP contribution in [-0.4, -0.2) is 9.38 Å². The van der Waals surface area contributed by atoms with E-state index in [-0.39, 0.29) is 11.1 Å². The average molecular weight is 335 g/mol. The summed E-state index contributed by atoms with van der Waals surface area (Å²) in [5.74, 6) is 0. The van der Waals surface area contributed by atoms with E-state index in [4.69, 9.17) is 16.9 Å². The van der Waals surface area contributed by atoms with Crippen LogP contribution in [0.1, 0.15) is 5.56 Å². The van der Waals surface area contributed by atoms with E-state index in [1.165, 1.54) is 16.8 Å². The molecular formula is C13H5BrClN3O. The van der Waals surface area contributed by atoms with Crippen molar-refractivity contribution in [2.45, 2.75) is 0 Å². The molecule has 1 aromatic carbocycles. The topological polar surface area (TPSA) is 58.2 Å². The van der Waals surface area contributed by atoms with Gasteiger partial charge in [-0.3, -0.25) is 9.20 Å². The fraction of sp³-hybridized carbons (Fsp3) is 0. The predicted molar refractivity (Wildman–Crippen MR) is 76.4 cm³/mol. The van der Waals surface area contributed by atoms with Crippen molar-refractivity contribution in [3.05, 3.63) is 56.0 Å². The van der Waals surface area contributed by atoms with Gasteiger partial charge in [-0.15, -0.1) is 0 Å². The number of hydrogen-bond donors (Lipinski definition) is 0. The molecular weight excluding hydrogens is 330 g/mol. The van der Waals surface area contributed by atoms with Crippen LogP contribution in [-0.2, 0) is 0 Å². The van der Waals surface area contributed by atoms with Crippen molar-refractivity contribution in [1.82, 2.24) is 9.38 Å². The van der Waals surface area contributed by atoms with Gasteiger partial charge in [-0.05, 0) is 40.2 Å². The molecule has 4 nitrogen and oxygen atoms in total. The smallest absolute Gasteiger partial charge is 0.267 e. The molecule has 19 heavy (non-hydrogen) atoms. The number of aromatic nitrogens is 2. The van der Waals surface area contributed by atoms with E-state index in [1.807, 2.05) is 6.07 Å². The van der Waals surface area contributed by atoms with Gasteiger partial charge < -0.3 is 0 Å². The Balaban J connectivity index is 2.55. The van der Waals surface area contributed by atoms with Crippen LogP contribution in [0.25, 0.3) is 16.4 Å². The summed E-state index contributed by atoms with van der Waals surface area (Å²) in [5, 5.41) is 10.2. The van der Waals surface area contributed by atoms with Crippen LogP contribution in [0.5, 0.6) is 0 Å². The van der Waals surface area contributed by atoms with Crippen LogP contribution < -0.4 is 5.56 Å². The normalized spacial score (nSPS) is 10.8. The monoisotopic (exact) mass is 333 g/mol. The zero-order valence-corrected chi connectivity index (χ0v) is 11.7. The van der Waals surface area contributed by atoms with Gasteiger partial charge in [0.05, 0.1) is 16.1 Å². The van der Waals surface area contributed by atoms with Crippen LogP contribution in [0, 0.1) is 11.3 Å². The number of fused-ring (bicyclic) bond motifs is 3. The van der Waals surface area contributed by atoms with E-state index in [1.54, 1.807) is 18.2 Å². The molecule has 0 spiro atoms.